The number of para-hydroxylation sites is 1. The molecule has 9 heteroatoms. The van der Waals surface area contributed by atoms with Crippen molar-refractivity contribution in [3.05, 3.63) is 90.0 Å². The Kier molecular flexibility index (Phi) is 6.67. The quantitative estimate of drug-likeness (QED) is 0.429. The fourth-order valence-electron chi connectivity index (χ4n) is 2.77. The zero-order chi connectivity index (χ0) is 22.4. The number of amides is 1. The number of benzene rings is 3. The van der Waals surface area contributed by atoms with Crippen molar-refractivity contribution in [2.45, 2.75) is 17.4 Å². The highest BCUT2D eigenvalue weighted by molar-refractivity contribution is 7.89. The zero-order valence-electron chi connectivity index (χ0n) is 16.3. The van der Waals surface area contributed by atoms with E-state index in [1.165, 1.54) is 30.3 Å². The average Bonchev–Trinajstić information content (AvgIpc) is 2.79. The van der Waals surface area contributed by atoms with Crippen LogP contribution in [0.5, 0.6) is 11.5 Å². The van der Waals surface area contributed by atoms with Gasteiger partial charge in [0.25, 0.3) is 15.9 Å². The lowest BCUT2D eigenvalue weighted by Crippen LogP contribution is -2.46. The van der Waals surface area contributed by atoms with Crippen molar-refractivity contribution >= 4 is 15.9 Å². The van der Waals surface area contributed by atoms with Crippen LogP contribution < -0.4 is 10.5 Å². The van der Waals surface area contributed by atoms with E-state index in [4.69, 9.17) is 15.7 Å². The molecular weight excluding hydrogens is 418 g/mol. The molecule has 0 saturated carbocycles. The van der Waals surface area contributed by atoms with Crippen molar-refractivity contribution < 1.29 is 23.2 Å². The first-order valence-electron chi connectivity index (χ1n) is 9.17. The molecule has 0 unspecified atom stereocenters. The second-order valence-electron chi connectivity index (χ2n) is 6.60. The van der Waals surface area contributed by atoms with Gasteiger partial charge in [-0.25, -0.2) is 0 Å². The largest absolute Gasteiger partial charge is 0.457 e. The van der Waals surface area contributed by atoms with Crippen LogP contribution in [0.3, 0.4) is 0 Å². The Labute approximate surface area is 179 Å². The maximum Gasteiger partial charge on any atom is 0.289 e. The summed E-state index contributed by atoms with van der Waals surface area (Å²) >= 11 is 0. The summed E-state index contributed by atoms with van der Waals surface area (Å²) in [5.74, 6) is -0.231. The van der Waals surface area contributed by atoms with E-state index in [1.807, 2.05) is 12.1 Å². The van der Waals surface area contributed by atoms with Gasteiger partial charge in [-0.15, -0.1) is 4.47 Å². The maximum absolute atomic E-state index is 12.6. The molecule has 3 N–H and O–H groups in total. The van der Waals surface area contributed by atoms with Crippen molar-refractivity contribution in [1.82, 2.24) is 4.47 Å². The van der Waals surface area contributed by atoms with Crippen LogP contribution in [0.25, 0.3) is 0 Å². The van der Waals surface area contributed by atoms with E-state index < -0.39 is 22.0 Å². The van der Waals surface area contributed by atoms with Gasteiger partial charge in [-0.3, -0.25) is 10.0 Å². The van der Waals surface area contributed by atoms with Crippen LogP contribution >= 0.6 is 0 Å². The van der Waals surface area contributed by atoms with Crippen LogP contribution in [0, 0.1) is 11.3 Å². The van der Waals surface area contributed by atoms with Gasteiger partial charge in [-0.2, -0.15) is 13.7 Å². The smallest absolute Gasteiger partial charge is 0.289 e. The zero-order valence-corrected chi connectivity index (χ0v) is 17.1. The van der Waals surface area contributed by atoms with Crippen molar-refractivity contribution in [1.29, 1.82) is 5.26 Å². The molecule has 0 spiro atoms. The maximum atomic E-state index is 12.6. The summed E-state index contributed by atoms with van der Waals surface area (Å²) in [5.41, 5.74) is 6.75. The van der Waals surface area contributed by atoms with E-state index in [1.54, 1.807) is 42.5 Å². The molecule has 0 fully saturated rings. The summed E-state index contributed by atoms with van der Waals surface area (Å²) in [7, 11) is -4.53. The number of sulfonamides is 1. The highest BCUT2D eigenvalue weighted by Crippen LogP contribution is 2.24. The normalized spacial score (nSPS) is 11.9. The van der Waals surface area contributed by atoms with Crippen molar-refractivity contribution in [3.63, 3.8) is 0 Å². The number of nitrogens with zero attached hydrogens (tertiary/aromatic N) is 2. The molecule has 3 aromatic carbocycles. The predicted molar refractivity (Wildman–Crippen MR) is 112 cm³/mol. The standard InChI is InChI=1S/C22H19N3O5S/c23-15-17-6-4-5-16(13-17)14-21(24)22(26)25(27)31(28,29)20-11-9-19(10-12-20)30-18-7-2-1-3-8-18/h1-13,21,27H,14,24H2/t21-/m1/s1. The van der Waals surface area contributed by atoms with E-state index in [-0.39, 0.29) is 15.8 Å². The first kappa shape index (κ1) is 22.0. The molecule has 0 radical (unpaired) electrons. The number of hydroxylamine groups is 1. The van der Waals surface area contributed by atoms with Gasteiger partial charge in [0.1, 0.15) is 11.5 Å². The number of carbonyl (C=O) groups excluding carboxylic acids is 1. The monoisotopic (exact) mass is 437 g/mol. The SMILES string of the molecule is N#Cc1cccc(C[C@@H](N)C(=O)N(O)S(=O)(=O)c2ccc(Oc3ccccc3)cc2)c1. The number of rotatable bonds is 7. The molecule has 0 aliphatic heterocycles. The predicted octanol–water partition coefficient (Wildman–Crippen LogP) is 2.83. The number of hydrogen-bond donors (Lipinski definition) is 2. The Morgan fingerprint density at radius 3 is 2.32 bits per heavy atom. The fourth-order valence-corrected chi connectivity index (χ4v) is 3.83. The summed E-state index contributed by atoms with van der Waals surface area (Å²) in [6.07, 6.45) is -0.0508. The number of hydrogen-bond acceptors (Lipinski definition) is 7. The van der Waals surface area contributed by atoms with Crippen molar-refractivity contribution in [3.8, 4) is 17.6 Å². The minimum absolute atomic E-state index is 0.0508. The first-order chi connectivity index (χ1) is 14.8. The van der Waals surface area contributed by atoms with E-state index >= 15 is 0 Å². The Morgan fingerprint density at radius 1 is 1.03 bits per heavy atom. The van der Waals surface area contributed by atoms with Crippen LogP contribution in [0.15, 0.2) is 83.8 Å². The van der Waals surface area contributed by atoms with Crippen LogP contribution in [0.2, 0.25) is 0 Å². The summed E-state index contributed by atoms with van der Waals surface area (Å²) < 4.78 is 30.5. The molecule has 0 heterocycles. The highest BCUT2D eigenvalue weighted by Gasteiger charge is 2.31. The molecule has 0 aliphatic rings. The van der Waals surface area contributed by atoms with E-state index in [9.17, 15) is 18.4 Å². The lowest BCUT2D eigenvalue weighted by molar-refractivity contribution is -0.147. The van der Waals surface area contributed by atoms with E-state index in [0.29, 0.717) is 22.6 Å². The lowest BCUT2D eigenvalue weighted by atomic mass is 10.0. The lowest BCUT2D eigenvalue weighted by Gasteiger charge is -2.19. The molecule has 31 heavy (non-hydrogen) atoms. The fraction of sp³-hybridized carbons (Fsp3) is 0.0909. The van der Waals surface area contributed by atoms with Crippen LogP contribution in [0.4, 0.5) is 0 Å². The summed E-state index contributed by atoms with van der Waals surface area (Å²) in [6, 6.07) is 21.2. The van der Waals surface area contributed by atoms with Gasteiger partial charge in [0.05, 0.1) is 22.6 Å². The first-order valence-corrected chi connectivity index (χ1v) is 10.6. The third-order valence-corrected chi connectivity index (χ3v) is 5.85. The molecular formula is C22H19N3O5S. The highest BCUT2D eigenvalue weighted by atomic mass is 32.2. The van der Waals surface area contributed by atoms with Crippen LogP contribution in [-0.4, -0.2) is 30.0 Å². The second-order valence-corrected chi connectivity index (χ2v) is 8.36. The molecule has 1 amide bonds. The number of ether oxygens (including phenoxy) is 1. The molecule has 3 aromatic rings. The van der Waals surface area contributed by atoms with Crippen LogP contribution in [-0.2, 0) is 21.2 Å². The minimum Gasteiger partial charge on any atom is -0.457 e. The third-order valence-electron chi connectivity index (χ3n) is 4.35. The van der Waals surface area contributed by atoms with Gasteiger partial charge in [0.2, 0.25) is 0 Å². The molecule has 0 saturated heterocycles. The van der Waals surface area contributed by atoms with Crippen molar-refractivity contribution in [2.24, 2.45) is 5.73 Å². The van der Waals surface area contributed by atoms with Crippen molar-refractivity contribution in [2.75, 3.05) is 0 Å². The Hall–Kier alpha value is -3.71. The number of nitriles is 1. The second kappa shape index (κ2) is 9.40. The number of nitrogens with two attached hydrogens (primary N) is 1. The number of carbonyl (C=O) groups is 1. The molecule has 0 bridgehead atoms. The van der Waals surface area contributed by atoms with E-state index in [2.05, 4.69) is 0 Å². The van der Waals surface area contributed by atoms with Gasteiger partial charge in [-0.1, -0.05) is 30.3 Å². The molecule has 158 valence electrons. The van der Waals surface area contributed by atoms with Gasteiger partial charge < -0.3 is 10.5 Å². The minimum atomic E-state index is -4.53. The molecule has 8 nitrogen and oxygen atoms in total. The third kappa shape index (κ3) is 5.26. The summed E-state index contributed by atoms with van der Waals surface area (Å²) in [6.45, 7) is 0. The molecule has 3 rings (SSSR count). The van der Waals surface area contributed by atoms with Crippen LogP contribution in [0.1, 0.15) is 11.1 Å². The van der Waals surface area contributed by atoms with Gasteiger partial charge in [0, 0.05) is 0 Å². The summed E-state index contributed by atoms with van der Waals surface area (Å²) in [4.78, 5) is 12.1. The molecule has 0 aromatic heterocycles. The Balaban J connectivity index is 1.71. The Bertz CT molecular complexity index is 1210. The van der Waals surface area contributed by atoms with Gasteiger partial charge in [0.15, 0.2) is 0 Å². The van der Waals surface area contributed by atoms with E-state index in [0.717, 1.165) is 0 Å². The molecule has 0 aliphatic carbocycles. The van der Waals surface area contributed by atoms with Gasteiger partial charge >= 0.3 is 0 Å². The van der Waals surface area contributed by atoms with Gasteiger partial charge in [-0.05, 0) is 60.5 Å². The Morgan fingerprint density at radius 2 is 1.68 bits per heavy atom. The average molecular weight is 437 g/mol. The summed E-state index contributed by atoms with van der Waals surface area (Å²) in [5, 5.41) is 19.0. The molecule has 1 atom stereocenters. The topological polar surface area (TPSA) is 134 Å².